The molecule has 574 valence electrons. The Balaban J connectivity index is 0.000000103. The topological polar surface area (TPSA) is 555 Å². The summed E-state index contributed by atoms with van der Waals surface area (Å²) in [6.45, 7) is 1.91. The molecule has 0 spiro atoms. The average molecular weight is 1560 g/mol. The number of aromatic nitrogens is 25. The molecule has 5 aliphatic rings. The fourth-order valence-electron chi connectivity index (χ4n) is 13.8. The van der Waals surface area contributed by atoms with Crippen molar-refractivity contribution >= 4 is 22.6 Å². The highest BCUT2D eigenvalue weighted by molar-refractivity contribution is 5.97. The Hall–Kier alpha value is -16.2. The second-order valence-electron chi connectivity index (χ2n) is 25.7. The third kappa shape index (κ3) is 11.7. The van der Waals surface area contributed by atoms with Gasteiger partial charge in [-0.25, -0.2) is 13.6 Å². The Morgan fingerprint density at radius 2 is 0.719 bits per heavy atom. The van der Waals surface area contributed by atoms with Crippen molar-refractivity contribution in [3.05, 3.63) is 271 Å². The minimum Gasteiger partial charge on any atom is -0.692 e. The molecule has 0 saturated carbocycles. The quantitative estimate of drug-likeness (QED) is 0.160. The SMILES string of the molecule is CNC(=O)c1ccccc1-n1nc2c([n+]1[O-])CCc1c-2no[n+]1[O-].Cc1ccccc1-n1nc2c([n+]1[O-])CCc1c-2no[n+]1[O-].O=C(O)c1cccc(-n2nc3c([n+]2[O-])CCc2c-3no[n+]2[O-])c1.[O-][n+]1onc2c1CCc1c-2nn(-c2c(F)cccc2F)[n+]1[O-].[O-][n+]1onc2c1CCc1c-2nn(-c2cccc3ccccc23)[n+]1[O-]. The lowest BCUT2D eigenvalue weighted by Gasteiger charge is -2.10. The monoisotopic (exact) mass is 1560 g/mol. The van der Waals surface area contributed by atoms with E-state index >= 15 is 0 Å². The van der Waals surface area contributed by atoms with Gasteiger partial charge in [-0.05, 0) is 121 Å². The summed E-state index contributed by atoms with van der Waals surface area (Å²) in [5.41, 5.74) is 9.04. The third-order valence-corrected chi connectivity index (χ3v) is 19.3. The van der Waals surface area contributed by atoms with E-state index in [1.54, 1.807) is 30.3 Å². The third-order valence-electron chi connectivity index (χ3n) is 19.3. The smallest absolute Gasteiger partial charge is 0.335 e. The van der Waals surface area contributed by atoms with Gasteiger partial charge in [0.25, 0.3) is 5.91 Å². The van der Waals surface area contributed by atoms with Crippen molar-refractivity contribution in [2.75, 3.05) is 7.05 Å². The number of amides is 1. The lowest BCUT2D eigenvalue weighted by atomic mass is 10.0. The van der Waals surface area contributed by atoms with Crippen LogP contribution in [0.1, 0.15) is 83.2 Å². The van der Waals surface area contributed by atoms with Gasteiger partial charge in [0, 0.05) is 76.6 Å². The van der Waals surface area contributed by atoms with E-state index in [2.05, 4.69) is 79.7 Å². The van der Waals surface area contributed by atoms with Crippen molar-refractivity contribution in [2.45, 2.75) is 71.1 Å². The Morgan fingerprint density at radius 1 is 0.386 bits per heavy atom. The van der Waals surface area contributed by atoms with Gasteiger partial charge in [-0.3, -0.25) is 27.9 Å². The summed E-state index contributed by atoms with van der Waals surface area (Å²) < 4.78 is 50.6. The van der Waals surface area contributed by atoms with Gasteiger partial charge in [-0.1, -0.05) is 78.9 Å². The molecule has 0 radical (unpaired) electrons. The standard InChI is InChI=1S/C16H11N5O3.C14H12N6O4.C13H9N5O5.C13H11N5O3.C12H7F2N5O3/c22-20-13-8-9-14-16(18-24-21(14)23)15(13)17-19(20)12-7-3-5-10-4-1-2-6-11(10)12;1-15-14(21)8-4-2-3-5-9(8)18-16-12-10(19(18)22)6-7-11-13(12)17-24-20(11)23;19-13(20)7-2-1-3-8(6-7)16-14-11-9(17(16)21)4-5-10-12(11)15-23-18(10)22;1-8-4-2-3-5-9(8)16-14-12-10(17(16)19)6-7-11-13(12)15-21-18(11)20;13-6-2-1-3-7(14)12(6)17-15-10-8(18(17)20)4-5-9-11(10)16-22-19(9)21/h1-7H,8-9H2;2-5H,6-7H2,1H3,(H,15,21);1-3,6H,4-5H2,(H,19,20);2-5H,6-7H2,1H3;1-3H,4-5H2. The Kier molecular flexibility index (Phi) is 17.2. The molecule has 10 aromatic heterocycles. The zero-order chi connectivity index (χ0) is 79.2. The van der Waals surface area contributed by atoms with Gasteiger partial charge in [0.1, 0.15) is 22.7 Å². The van der Waals surface area contributed by atoms with Gasteiger partial charge in [-0.2, -0.15) is 0 Å². The number of aryl methyl sites for hydroxylation is 1. The number of hydrogen-bond acceptors (Lipinski definition) is 27. The van der Waals surface area contributed by atoms with Crippen LogP contribution in [0.3, 0.4) is 0 Å². The molecule has 0 unspecified atom stereocenters. The average Bonchev–Trinajstić information content (AvgIpc) is 1.62. The lowest BCUT2D eigenvalue weighted by Crippen LogP contribution is -2.42. The van der Waals surface area contributed by atoms with Crippen molar-refractivity contribution in [1.82, 2.24) is 80.6 Å². The van der Waals surface area contributed by atoms with Crippen LogP contribution < -0.4 is 54.1 Å². The molecule has 5 aliphatic carbocycles. The Morgan fingerprint density at radius 3 is 1.17 bits per heavy atom. The van der Waals surface area contributed by atoms with E-state index in [1.807, 2.05) is 73.7 Å². The Labute approximate surface area is 630 Å². The van der Waals surface area contributed by atoms with Crippen LogP contribution in [0.4, 0.5) is 8.78 Å². The molecule has 2 N–H and O–H groups in total. The van der Waals surface area contributed by atoms with E-state index in [0.717, 1.165) is 47.8 Å². The van der Waals surface area contributed by atoms with Gasteiger partial charge < -0.3 is 62.5 Å². The highest BCUT2D eigenvalue weighted by atomic mass is 19.1. The van der Waals surface area contributed by atoms with E-state index in [4.69, 9.17) is 5.11 Å². The van der Waals surface area contributed by atoms with Gasteiger partial charge in [0.05, 0.1) is 62.4 Å². The summed E-state index contributed by atoms with van der Waals surface area (Å²) >= 11 is 0. The molecule has 10 heterocycles. The van der Waals surface area contributed by atoms with Crippen LogP contribution in [0.25, 0.3) is 96.1 Å². The molecule has 6 aromatic carbocycles. The fraction of sp³-hybridized carbons (Fsp3) is 0.176. The maximum atomic E-state index is 13.8. The van der Waals surface area contributed by atoms with E-state index in [0.29, 0.717) is 187 Å². The van der Waals surface area contributed by atoms with E-state index in [9.17, 15) is 70.4 Å². The minimum absolute atomic E-state index is 0.0375. The number of para-hydroxylation sites is 3. The van der Waals surface area contributed by atoms with Crippen molar-refractivity contribution in [3.63, 3.8) is 0 Å². The second-order valence-corrected chi connectivity index (χ2v) is 25.7. The number of nitrogens with zero attached hydrogens (tertiary/aromatic N) is 25. The molecule has 0 aliphatic heterocycles. The van der Waals surface area contributed by atoms with Crippen LogP contribution in [-0.4, -0.2) is 99.3 Å². The first-order valence-electron chi connectivity index (χ1n) is 34.3. The number of carbonyl (C=O) groups excluding carboxylic acids is 1. The number of halogens is 2. The first-order chi connectivity index (χ1) is 55.1. The molecule has 0 saturated heterocycles. The maximum absolute atomic E-state index is 13.8. The summed E-state index contributed by atoms with van der Waals surface area (Å²) in [7, 11) is 1.51. The molecule has 44 nitrogen and oxygen atoms in total. The van der Waals surface area contributed by atoms with Crippen LogP contribution in [-0.2, 0) is 64.2 Å². The van der Waals surface area contributed by atoms with Crippen LogP contribution in [0.5, 0.6) is 0 Å². The van der Waals surface area contributed by atoms with Gasteiger partial charge in [0.15, 0.2) is 45.8 Å². The van der Waals surface area contributed by atoms with Crippen LogP contribution >= 0.6 is 0 Å². The van der Waals surface area contributed by atoms with Crippen molar-refractivity contribution < 1.29 is 95.4 Å². The van der Waals surface area contributed by atoms with Crippen LogP contribution in [0, 0.1) is 70.6 Å². The molecule has 0 bridgehead atoms. The molecule has 0 atom stereocenters. The molecule has 21 rings (SSSR count). The summed E-state index contributed by atoms with van der Waals surface area (Å²) in [4.78, 5) is 33.0. The number of carboxylic acid groups (broad SMARTS) is 1. The number of rotatable bonds is 7. The highest BCUT2D eigenvalue weighted by Gasteiger charge is 2.45. The van der Waals surface area contributed by atoms with E-state index in [1.165, 1.54) is 40.9 Å². The Bertz CT molecular complexity index is 6540. The molecule has 46 heteroatoms. The maximum Gasteiger partial charge on any atom is 0.335 e. The number of aromatic carboxylic acids is 1. The first-order valence-corrected chi connectivity index (χ1v) is 34.3. The zero-order valence-electron chi connectivity index (χ0n) is 58.6. The van der Waals surface area contributed by atoms with Crippen molar-refractivity contribution in [2.24, 2.45) is 0 Å². The number of carbonyl (C=O) groups is 2. The molecule has 0 fully saturated rings. The summed E-state index contributed by atoms with van der Waals surface area (Å²) in [5, 5.41) is 173. The zero-order valence-corrected chi connectivity index (χ0v) is 58.6. The van der Waals surface area contributed by atoms with Crippen LogP contribution in [0.15, 0.2) is 157 Å². The lowest BCUT2D eigenvalue weighted by molar-refractivity contribution is -0.808. The van der Waals surface area contributed by atoms with Gasteiger partial charge in [0.2, 0.25) is 28.5 Å². The highest BCUT2D eigenvalue weighted by Crippen LogP contribution is 2.34. The number of fused-ring (bicyclic) bond motifs is 16. The predicted octanol–water partition coefficient (Wildman–Crippen LogP) is 0.261. The summed E-state index contributed by atoms with van der Waals surface area (Å²) in [6.07, 6.45) is 3.37. The molecule has 114 heavy (non-hydrogen) atoms. The van der Waals surface area contributed by atoms with E-state index in [-0.39, 0.29) is 74.8 Å². The predicted molar refractivity (Wildman–Crippen MR) is 364 cm³/mol. The second kappa shape index (κ2) is 27.8. The number of carboxylic acids is 1. The van der Waals surface area contributed by atoms with Crippen LogP contribution in [0.2, 0.25) is 0 Å². The normalized spacial score (nSPS) is 12.8. The largest absolute Gasteiger partial charge is 0.692 e. The number of hydrogen-bond donors (Lipinski definition) is 2. The van der Waals surface area contributed by atoms with Crippen molar-refractivity contribution in [1.29, 1.82) is 0 Å². The summed E-state index contributed by atoms with van der Waals surface area (Å²) in [5.74, 6) is -3.29. The molecular weight excluding hydrogens is 1510 g/mol. The fourth-order valence-corrected chi connectivity index (χ4v) is 13.8. The van der Waals surface area contributed by atoms with Crippen molar-refractivity contribution in [3.8, 4) is 85.4 Å². The molecule has 16 aromatic rings. The number of benzene rings is 6. The molecule has 1 amide bonds. The van der Waals surface area contributed by atoms with Gasteiger partial charge >= 0.3 is 62.9 Å². The van der Waals surface area contributed by atoms with Gasteiger partial charge in [-0.15, -0.1) is 24.2 Å². The first kappa shape index (κ1) is 70.7. The minimum atomic E-state index is -1.10. The number of nitrogens with one attached hydrogen (secondary N) is 1. The molecular formula is C68H50F2N26O18. The summed E-state index contributed by atoms with van der Waals surface area (Å²) in [6, 6.07) is 36.6. The van der Waals surface area contributed by atoms with E-state index < -0.39 is 23.3 Å².